The molecule has 2 amide bonds. The van der Waals surface area contributed by atoms with Gasteiger partial charge in [0.25, 0.3) is 5.91 Å². The Morgan fingerprint density at radius 2 is 2.00 bits per heavy atom. The number of nitrogens with zero attached hydrogens (tertiary/aromatic N) is 3. The Bertz CT molecular complexity index is 770. The maximum absolute atomic E-state index is 12.8. The summed E-state index contributed by atoms with van der Waals surface area (Å²) in [4.78, 5) is 35.6. The summed E-state index contributed by atoms with van der Waals surface area (Å²) in [7, 11) is 0. The molecular weight excluding hydrogens is 336 g/mol. The van der Waals surface area contributed by atoms with Gasteiger partial charge in [0.05, 0.1) is 11.4 Å². The van der Waals surface area contributed by atoms with E-state index in [0.717, 1.165) is 11.3 Å². The van der Waals surface area contributed by atoms with E-state index < -0.39 is 6.04 Å². The molecule has 1 unspecified atom stereocenters. The summed E-state index contributed by atoms with van der Waals surface area (Å²) in [6, 6.07) is 7.32. The van der Waals surface area contributed by atoms with E-state index in [2.05, 4.69) is 15.3 Å². The van der Waals surface area contributed by atoms with E-state index in [9.17, 15) is 9.59 Å². The average Bonchev–Trinajstić information content (AvgIpc) is 2.90. The lowest BCUT2D eigenvalue weighted by Crippen LogP contribution is -2.42. The van der Waals surface area contributed by atoms with E-state index >= 15 is 0 Å². The SMILES string of the molecule is CC(C)NC(=O)CSC1=Nc2ccccc2C2=NC(C(C)C)C(=O)N12. The molecule has 2 aliphatic heterocycles. The van der Waals surface area contributed by atoms with Gasteiger partial charge in [-0.15, -0.1) is 0 Å². The van der Waals surface area contributed by atoms with E-state index in [-0.39, 0.29) is 29.5 Å². The van der Waals surface area contributed by atoms with Crippen LogP contribution in [0.25, 0.3) is 0 Å². The molecule has 1 aromatic rings. The van der Waals surface area contributed by atoms with E-state index in [1.54, 1.807) is 4.90 Å². The molecule has 1 atom stereocenters. The number of nitrogens with one attached hydrogen (secondary N) is 1. The minimum Gasteiger partial charge on any atom is -0.353 e. The number of benzene rings is 1. The van der Waals surface area contributed by atoms with Gasteiger partial charge in [-0.2, -0.15) is 0 Å². The molecule has 0 aliphatic carbocycles. The summed E-state index contributed by atoms with van der Waals surface area (Å²) in [6.07, 6.45) is 0. The second kappa shape index (κ2) is 7.00. The zero-order valence-electron chi connectivity index (χ0n) is 14.8. The second-order valence-electron chi connectivity index (χ2n) is 6.74. The summed E-state index contributed by atoms with van der Waals surface area (Å²) in [5.41, 5.74) is 1.64. The summed E-state index contributed by atoms with van der Waals surface area (Å²) in [5, 5.41) is 3.37. The van der Waals surface area contributed by atoms with Gasteiger partial charge in [-0.25, -0.2) is 9.89 Å². The van der Waals surface area contributed by atoms with Crippen LogP contribution >= 0.6 is 11.8 Å². The number of carbonyl (C=O) groups is 2. The first-order valence-electron chi connectivity index (χ1n) is 8.40. The minimum atomic E-state index is -0.406. The van der Waals surface area contributed by atoms with Gasteiger partial charge >= 0.3 is 0 Å². The zero-order chi connectivity index (χ0) is 18.1. The molecule has 0 aromatic heterocycles. The number of hydrogen-bond acceptors (Lipinski definition) is 5. The van der Waals surface area contributed by atoms with Crippen LogP contribution in [0.15, 0.2) is 34.3 Å². The van der Waals surface area contributed by atoms with E-state index in [1.807, 2.05) is 52.0 Å². The molecular formula is C18H22N4O2S. The van der Waals surface area contributed by atoms with Crippen molar-refractivity contribution in [1.29, 1.82) is 0 Å². The Labute approximate surface area is 151 Å². The van der Waals surface area contributed by atoms with Crippen LogP contribution in [-0.2, 0) is 9.59 Å². The maximum atomic E-state index is 12.8. The molecule has 132 valence electrons. The highest BCUT2D eigenvalue weighted by atomic mass is 32.2. The van der Waals surface area contributed by atoms with E-state index in [0.29, 0.717) is 11.0 Å². The smallest absolute Gasteiger partial charge is 0.259 e. The molecule has 0 radical (unpaired) electrons. The van der Waals surface area contributed by atoms with Crippen LogP contribution < -0.4 is 5.32 Å². The molecule has 0 fully saturated rings. The highest BCUT2D eigenvalue weighted by molar-refractivity contribution is 8.14. The normalized spacial score (nSPS) is 18.9. The highest BCUT2D eigenvalue weighted by Crippen LogP contribution is 2.34. The number of para-hydroxylation sites is 1. The Morgan fingerprint density at radius 3 is 2.68 bits per heavy atom. The molecule has 7 heteroatoms. The van der Waals surface area contributed by atoms with Crippen LogP contribution in [-0.4, -0.2) is 45.6 Å². The Morgan fingerprint density at radius 1 is 1.28 bits per heavy atom. The van der Waals surface area contributed by atoms with Gasteiger partial charge in [0, 0.05) is 11.6 Å². The van der Waals surface area contributed by atoms with E-state index in [4.69, 9.17) is 0 Å². The molecule has 1 aromatic carbocycles. The summed E-state index contributed by atoms with van der Waals surface area (Å²) in [6.45, 7) is 7.80. The van der Waals surface area contributed by atoms with Crippen LogP contribution in [0, 0.1) is 5.92 Å². The van der Waals surface area contributed by atoms with Gasteiger partial charge < -0.3 is 5.32 Å². The molecule has 0 saturated carbocycles. The molecule has 2 aliphatic rings. The fourth-order valence-corrected chi connectivity index (χ4v) is 3.61. The first-order valence-corrected chi connectivity index (χ1v) is 9.39. The van der Waals surface area contributed by atoms with Gasteiger partial charge in [0.1, 0.15) is 11.9 Å². The molecule has 3 rings (SSSR count). The summed E-state index contributed by atoms with van der Waals surface area (Å²) < 4.78 is 0. The third kappa shape index (κ3) is 3.46. The summed E-state index contributed by atoms with van der Waals surface area (Å²) >= 11 is 1.27. The Kier molecular flexibility index (Phi) is 4.94. The molecule has 0 bridgehead atoms. The van der Waals surface area contributed by atoms with Crippen molar-refractivity contribution in [3.63, 3.8) is 0 Å². The van der Waals surface area contributed by atoms with Gasteiger partial charge in [-0.05, 0) is 31.9 Å². The topological polar surface area (TPSA) is 74.1 Å². The number of thioether (sulfide) groups is 1. The van der Waals surface area contributed by atoms with Crippen LogP contribution in [0.2, 0.25) is 0 Å². The van der Waals surface area contributed by atoms with Gasteiger partial charge in [-0.1, -0.05) is 37.7 Å². The van der Waals surface area contributed by atoms with Crippen molar-refractivity contribution in [3.8, 4) is 0 Å². The van der Waals surface area contributed by atoms with Crippen molar-refractivity contribution in [1.82, 2.24) is 10.2 Å². The van der Waals surface area contributed by atoms with Crippen molar-refractivity contribution < 1.29 is 9.59 Å². The fourth-order valence-electron chi connectivity index (χ4n) is 2.79. The number of rotatable bonds is 4. The van der Waals surface area contributed by atoms with Crippen LogP contribution in [0.5, 0.6) is 0 Å². The van der Waals surface area contributed by atoms with Gasteiger partial charge in [-0.3, -0.25) is 14.6 Å². The fraction of sp³-hybridized carbons (Fsp3) is 0.444. The van der Waals surface area contributed by atoms with Crippen LogP contribution in [0.3, 0.4) is 0 Å². The Balaban J connectivity index is 1.91. The maximum Gasteiger partial charge on any atom is 0.259 e. The largest absolute Gasteiger partial charge is 0.353 e. The predicted molar refractivity (Wildman–Crippen MR) is 101 cm³/mol. The number of amides is 2. The number of hydrogen-bond donors (Lipinski definition) is 1. The van der Waals surface area contributed by atoms with Crippen LogP contribution in [0.4, 0.5) is 5.69 Å². The number of fused-ring (bicyclic) bond motifs is 3. The molecule has 1 N–H and O–H groups in total. The van der Waals surface area contributed by atoms with Crippen LogP contribution in [0.1, 0.15) is 33.3 Å². The van der Waals surface area contributed by atoms with E-state index in [1.165, 1.54) is 11.8 Å². The number of aliphatic imine (C=N–C) groups is 2. The number of amidine groups is 2. The molecule has 2 heterocycles. The van der Waals surface area contributed by atoms with Crippen molar-refractivity contribution in [3.05, 3.63) is 29.8 Å². The lowest BCUT2D eigenvalue weighted by molar-refractivity contribution is -0.125. The zero-order valence-corrected chi connectivity index (χ0v) is 15.6. The Hall–Kier alpha value is -2.15. The highest BCUT2D eigenvalue weighted by Gasteiger charge is 2.42. The molecule has 25 heavy (non-hydrogen) atoms. The monoisotopic (exact) mass is 358 g/mol. The first-order chi connectivity index (χ1) is 11.9. The standard InChI is InChI=1S/C18H22N4O2S/c1-10(2)15-17(24)22-16(21-15)12-7-5-6-8-13(12)20-18(22)25-9-14(23)19-11(3)4/h5-8,10-11,15H,9H2,1-4H3,(H,19,23). The quantitative estimate of drug-likeness (QED) is 0.899. The predicted octanol–water partition coefficient (Wildman–Crippen LogP) is 2.56. The van der Waals surface area contributed by atoms with Crippen molar-refractivity contribution in [2.45, 2.75) is 39.8 Å². The average molecular weight is 358 g/mol. The van der Waals surface area contributed by atoms with Gasteiger partial charge in [0.15, 0.2) is 5.17 Å². The van der Waals surface area contributed by atoms with Crippen molar-refractivity contribution in [2.24, 2.45) is 15.9 Å². The van der Waals surface area contributed by atoms with Crippen molar-refractivity contribution in [2.75, 3.05) is 5.75 Å². The summed E-state index contributed by atoms with van der Waals surface area (Å²) in [5.74, 6) is 0.805. The molecule has 0 saturated heterocycles. The molecule has 0 spiro atoms. The number of carbonyl (C=O) groups excluding carboxylic acids is 2. The van der Waals surface area contributed by atoms with Gasteiger partial charge in [0.2, 0.25) is 5.91 Å². The third-order valence-corrected chi connectivity index (χ3v) is 4.85. The minimum absolute atomic E-state index is 0.0741. The second-order valence-corrected chi connectivity index (χ2v) is 7.68. The third-order valence-electron chi connectivity index (χ3n) is 3.91. The van der Waals surface area contributed by atoms with Crippen molar-refractivity contribution >= 4 is 40.3 Å². The lowest BCUT2D eigenvalue weighted by atomic mass is 10.1. The first kappa shape index (κ1) is 17.7. The lowest BCUT2D eigenvalue weighted by Gasteiger charge is -2.25. The molecule has 6 nitrogen and oxygen atoms in total.